The van der Waals surface area contributed by atoms with Crippen molar-refractivity contribution in [3.8, 4) is 0 Å². The summed E-state index contributed by atoms with van der Waals surface area (Å²) in [5, 5.41) is 1.97. The maximum absolute atomic E-state index is 13.6. The first kappa shape index (κ1) is 19.8. The molecule has 2 aromatic heterocycles. The van der Waals surface area contributed by atoms with Gasteiger partial charge in [0, 0.05) is 49.0 Å². The molecule has 2 saturated heterocycles. The maximum Gasteiger partial charge on any atom is 0.417 e. The monoisotopic (exact) mass is 426 g/mol. The van der Waals surface area contributed by atoms with Crippen LogP contribution in [0.2, 0.25) is 0 Å². The molecule has 5 nitrogen and oxygen atoms in total. The van der Waals surface area contributed by atoms with Crippen molar-refractivity contribution in [1.82, 2.24) is 9.97 Å². The summed E-state index contributed by atoms with van der Waals surface area (Å²) in [6.07, 6.45) is 2.24. The van der Waals surface area contributed by atoms with Gasteiger partial charge in [-0.1, -0.05) is 12.1 Å². The van der Waals surface area contributed by atoms with Crippen molar-refractivity contribution in [3.05, 3.63) is 60.6 Å². The lowest BCUT2D eigenvalue weighted by molar-refractivity contribution is -0.137. The van der Waals surface area contributed by atoms with Crippen LogP contribution in [0.4, 0.5) is 24.7 Å². The fourth-order valence-corrected chi connectivity index (χ4v) is 4.84. The number of aromatic nitrogens is 2. The summed E-state index contributed by atoms with van der Waals surface area (Å²) in [6, 6.07) is 10.2. The van der Waals surface area contributed by atoms with Crippen molar-refractivity contribution in [2.45, 2.75) is 25.4 Å². The number of fused-ring (bicyclic) bond motifs is 1. The molecule has 0 unspecified atom stereocenters. The van der Waals surface area contributed by atoms with Crippen molar-refractivity contribution in [1.29, 1.82) is 0 Å². The summed E-state index contributed by atoms with van der Waals surface area (Å²) >= 11 is 0. The van der Waals surface area contributed by atoms with Crippen LogP contribution in [-0.4, -0.2) is 35.5 Å². The highest BCUT2D eigenvalue weighted by atomic mass is 19.4. The van der Waals surface area contributed by atoms with Gasteiger partial charge in [0.15, 0.2) is 0 Å². The SMILES string of the molecule is O=C1N(c2cccc3cnccc23)CC[C@@]12CCCN(c1ccc(C(F)(F)F)cn1)C2. The number of amides is 1. The van der Waals surface area contributed by atoms with Gasteiger partial charge in [-0.15, -0.1) is 0 Å². The number of piperidine rings is 1. The van der Waals surface area contributed by atoms with Crippen molar-refractivity contribution >= 4 is 28.2 Å². The highest BCUT2D eigenvalue weighted by Crippen LogP contribution is 2.44. The average Bonchev–Trinajstić information content (AvgIpc) is 3.08. The van der Waals surface area contributed by atoms with Gasteiger partial charge < -0.3 is 9.80 Å². The van der Waals surface area contributed by atoms with Gasteiger partial charge in [-0.25, -0.2) is 4.98 Å². The number of nitrogens with zero attached hydrogens (tertiary/aromatic N) is 4. The highest BCUT2D eigenvalue weighted by molar-refractivity contribution is 6.07. The van der Waals surface area contributed by atoms with E-state index < -0.39 is 17.2 Å². The van der Waals surface area contributed by atoms with Gasteiger partial charge in [0.1, 0.15) is 5.82 Å². The number of carbonyl (C=O) groups is 1. The third kappa shape index (κ3) is 3.40. The number of alkyl halides is 3. The summed E-state index contributed by atoms with van der Waals surface area (Å²) < 4.78 is 38.6. The van der Waals surface area contributed by atoms with E-state index >= 15 is 0 Å². The molecule has 160 valence electrons. The predicted octanol–water partition coefficient (Wildman–Crippen LogP) is 4.67. The molecule has 3 aromatic rings. The largest absolute Gasteiger partial charge is 0.417 e. The van der Waals surface area contributed by atoms with E-state index in [-0.39, 0.29) is 5.91 Å². The summed E-state index contributed by atoms with van der Waals surface area (Å²) in [7, 11) is 0. The van der Waals surface area contributed by atoms with Gasteiger partial charge in [0.25, 0.3) is 0 Å². The van der Waals surface area contributed by atoms with Crippen LogP contribution in [0.5, 0.6) is 0 Å². The molecule has 1 spiro atoms. The van der Waals surface area contributed by atoms with E-state index in [1.54, 1.807) is 12.4 Å². The van der Waals surface area contributed by atoms with Crippen LogP contribution in [0.25, 0.3) is 10.8 Å². The van der Waals surface area contributed by atoms with Gasteiger partial charge >= 0.3 is 6.18 Å². The third-order valence-electron chi connectivity index (χ3n) is 6.44. The molecule has 31 heavy (non-hydrogen) atoms. The molecule has 0 radical (unpaired) electrons. The third-order valence-corrected chi connectivity index (χ3v) is 6.44. The first-order valence-electron chi connectivity index (χ1n) is 10.3. The molecule has 8 heteroatoms. The maximum atomic E-state index is 13.6. The van der Waals surface area contributed by atoms with Gasteiger partial charge in [0.05, 0.1) is 16.7 Å². The normalized spacial score (nSPS) is 22.0. The lowest BCUT2D eigenvalue weighted by Gasteiger charge is -2.39. The number of rotatable bonds is 2. The average molecular weight is 426 g/mol. The van der Waals surface area contributed by atoms with E-state index in [0.717, 1.165) is 41.6 Å². The second kappa shape index (κ2) is 7.21. The summed E-state index contributed by atoms with van der Waals surface area (Å²) in [6.45, 7) is 1.76. The smallest absolute Gasteiger partial charge is 0.356 e. The molecule has 0 aliphatic carbocycles. The lowest BCUT2D eigenvalue weighted by Crippen LogP contribution is -2.48. The van der Waals surface area contributed by atoms with Gasteiger partial charge in [0.2, 0.25) is 5.91 Å². The van der Waals surface area contributed by atoms with Crippen LogP contribution < -0.4 is 9.80 Å². The van der Waals surface area contributed by atoms with Gasteiger partial charge in [-0.3, -0.25) is 9.78 Å². The predicted molar refractivity (Wildman–Crippen MR) is 112 cm³/mol. The molecule has 0 N–H and O–H groups in total. The number of halogens is 3. The standard InChI is InChI=1S/C23H21F3N4O/c24-23(25,26)17-5-6-20(28-14-17)29-11-2-8-22(15-29)9-12-30(21(22)31)19-4-1-3-16-13-27-10-7-18(16)19/h1,3-7,10,13-14H,2,8-9,11-12,15H2/t22-/m1/s1. The fourth-order valence-electron chi connectivity index (χ4n) is 4.84. The number of anilines is 2. The van der Waals surface area contributed by atoms with Crippen molar-refractivity contribution < 1.29 is 18.0 Å². The van der Waals surface area contributed by atoms with Crippen LogP contribution in [0.1, 0.15) is 24.8 Å². The number of benzene rings is 1. The molecule has 2 aliphatic heterocycles. The number of pyridine rings is 2. The molecule has 5 rings (SSSR count). The second-order valence-electron chi connectivity index (χ2n) is 8.29. The van der Waals surface area contributed by atoms with Crippen LogP contribution >= 0.6 is 0 Å². The Balaban J connectivity index is 1.41. The van der Waals surface area contributed by atoms with E-state index in [1.165, 1.54) is 6.07 Å². The van der Waals surface area contributed by atoms with Crippen LogP contribution in [-0.2, 0) is 11.0 Å². The molecular formula is C23H21F3N4O. The number of hydrogen-bond donors (Lipinski definition) is 0. The van der Waals surface area contributed by atoms with Crippen LogP contribution in [0.3, 0.4) is 0 Å². The Kier molecular flexibility index (Phi) is 4.60. The zero-order valence-corrected chi connectivity index (χ0v) is 16.8. The highest BCUT2D eigenvalue weighted by Gasteiger charge is 2.49. The Labute approximate surface area is 177 Å². The van der Waals surface area contributed by atoms with E-state index in [2.05, 4.69) is 9.97 Å². The minimum atomic E-state index is -4.41. The van der Waals surface area contributed by atoms with Crippen LogP contribution in [0.15, 0.2) is 55.0 Å². The Hall–Kier alpha value is -3.16. The van der Waals surface area contributed by atoms with E-state index in [0.29, 0.717) is 31.9 Å². The zero-order valence-electron chi connectivity index (χ0n) is 16.8. The number of carbonyl (C=O) groups excluding carboxylic acids is 1. The van der Waals surface area contributed by atoms with Crippen LogP contribution in [0, 0.1) is 5.41 Å². The second-order valence-corrected chi connectivity index (χ2v) is 8.29. The Morgan fingerprint density at radius 2 is 1.87 bits per heavy atom. The molecule has 2 aliphatic rings. The zero-order chi connectivity index (χ0) is 21.6. The first-order valence-corrected chi connectivity index (χ1v) is 10.3. The molecule has 0 bridgehead atoms. The molecule has 1 aromatic carbocycles. The molecule has 0 saturated carbocycles. The lowest BCUT2D eigenvalue weighted by atomic mass is 9.78. The minimum absolute atomic E-state index is 0.0772. The van der Waals surface area contributed by atoms with Crippen molar-refractivity contribution in [2.24, 2.45) is 5.41 Å². The van der Waals surface area contributed by atoms with E-state index in [9.17, 15) is 18.0 Å². The molecule has 4 heterocycles. The van der Waals surface area contributed by atoms with Crippen molar-refractivity contribution in [3.63, 3.8) is 0 Å². The minimum Gasteiger partial charge on any atom is -0.356 e. The van der Waals surface area contributed by atoms with E-state index in [1.807, 2.05) is 34.1 Å². The molecule has 2 fully saturated rings. The molecule has 1 atom stereocenters. The van der Waals surface area contributed by atoms with Gasteiger partial charge in [-0.05, 0) is 43.5 Å². The molecular weight excluding hydrogens is 405 g/mol. The Bertz CT molecular complexity index is 1130. The quantitative estimate of drug-likeness (QED) is 0.598. The first-order chi connectivity index (χ1) is 14.9. The molecule has 1 amide bonds. The number of hydrogen-bond acceptors (Lipinski definition) is 4. The fraction of sp³-hybridized carbons (Fsp3) is 0.348. The van der Waals surface area contributed by atoms with Crippen molar-refractivity contribution in [2.75, 3.05) is 29.4 Å². The summed E-state index contributed by atoms with van der Waals surface area (Å²) in [5.41, 5.74) is -0.430. The van der Waals surface area contributed by atoms with Gasteiger partial charge in [-0.2, -0.15) is 13.2 Å². The van der Waals surface area contributed by atoms with E-state index in [4.69, 9.17) is 0 Å². The Morgan fingerprint density at radius 1 is 1.00 bits per heavy atom. The Morgan fingerprint density at radius 3 is 2.65 bits per heavy atom. The topological polar surface area (TPSA) is 49.3 Å². The summed E-state index contributed by atoms with van der Waals surface area (Å²) in [5.74, 6) is 0.558. The summed E-state index contributed by atoms with van der Waals surface area (Å²) in [4.78, 5) is 25.6.